The molecule has 134 valence electrons. The van der Waals surface area contributed by atoms with Crippen LogP contribution in [0.3, 0.4) is 0 Å². The van der Waals surface area contributed by atoms with E-state index in [0.717, 1.165) is 15.8 Å². The number of ether oxygens (including phenoxy) is 1. The van der Waals surface area contributed by atoms with E-state index in [-0.39, 0.29) is 18.3 Å². The third-order valence-electron chi connectivity index (χ3n) is 3.81. The van der Waals surface area contributed by atoms with Crippen molar-refractivity contribution >= 4 is 45.0 Å². The Hall–Kier alpha value is -2.44. The van der Waals surface area contributed by atoms with Crippen molar-refractivity contribution in [3.63, 3.8) is 0 Å². The molecule has 26 heavy (non-hydrogen) atoms. The number of fused-ring (bicyclic) bond motifs is 1. The number of aryl methyl sites for hydroxylation is 1. The Morgan fingerprint density at radius 3 is 2.62 bits per heavy atom. The maximum absolute atomic E-state index is 12.3. The number of carbonyl (C=O) groups is 2. The van der Waals surface area contributed by atoms with Gasteiger partial charge in [0.2, 0.25) is 0 Å². The summed E-state index contributed by atoms with van der Waals surface area (Å²) < 4.78 is 7.74. The minimum absolute atomic E-state index is 0.208. The lowest BCUT2D eigenvalue weighted by atomic mass is 10.1. The summed E-state index contributed by atoms with van der Waals surface area (Å²) in [5.74, 6) is -0.595. The molecule has 0 N–H and O–H groups in total. The Kier molecular flexibility index (Phi) is 5.54. The number of esters is 1. The Morgan fingerprint density at radius 2 is 1.92 bits per heavy atom. The Labute approximate surface area is 159 Å². The summed E-state index contributed by atoms with van der Waals surface area (Å²) in [4.78, 5) is 29.0. The third-order valence-corrected chi connectivity index (χ3v) is 5.16. The second kappa shape index (κ2) is 7.85. The molecule has 0 saturated carbocycles. The SMILES string of the molecule is CCOC(=O)c1ccc2c(c1)sc(=NC(=O)Cc1ccc(Cl)cc1)n2C. The second-order valence-corrected chi connectivity index (χ2v) is 7.10. The lowest BCUT2D eigenvalue weighted by molar-refractivity contribution is -0.117. The fraction of sp³-hybridized carbons (Fsp3) is 0.211. The number of rotatable bonds is 4. The van der Waals surface area contributed by atoms with Crippen LogP contribution in [-0.4, -0.2) is 23.1 Å². The van der Waals surface area contributed by atoms with Crippen molar-refractivity contribution in [2.24, 2.45) is 12.0 Å². The van der Waals surface area contributed by atoms with Gasteiger partial charge in [-0.1, -0.05) is 35.1 Å². The van der Waals surface area contributed by atoms with E-state index in [4.69, 9.17) is 16.3 Å². The van der Waals surface area contributed by atoms with E-state index in [2.05, 4.69) is 4.99 Å². The second-order valence-electron chi connectivity index (χ2n) is 5.66. The number of nitrogens with zero attached hydrogens (tertiary/aromatic N) is 2. The maximum atomic E-state index is 12.3. The molecule has 0 aliphatic rings. The highest BCUT2D eigenvalue weighted by Crippen LogP contribution is 2.19. The number of hydrogen-bond acceptors (Lipinski definition) is 4. The summed E-state index contributed by atoms with van der Waals surface area (Å²) in [7, 11) is 1.84. The van der Waals surface area contributed by atoms with Crippen LogP contribution >= 0.6 is 22.9 Å². The molecule has 3 rings (SSSR count). The first kappa shape index (κ1) is 18.4. The fourth-order valence-corrected chi connectivity index (χ4v) is 3.71. The number of hydrogen-bond donors (Lipinski definition) is 0. The molecule has 0 aliphatic carbocycles. The van der Waals surface area contributed by atoms with E-state index in [9.17, 15) is 9.59 Å². The van der Waals surface area contributed by atoms with Gasteiger partial charge in [0.25, 0.3) is 5.91 Å². The number of thiazole rings is 1. The molecule has 3 aromatic rings. The van der Waals surface area contributed by atoms with Crippen LogP contribution in [0.15, 0.2) is 47.5 Å². The molecule has 0 saturated heterocycles. The Morgan fingerprint density at radius 1 is 1.19 bits per heavy atom. The van der Waals surface area contributed by atoms with E-state index in [0.29, 0.717) is 22.0 Å². The molecule has 5 nitrogen and oxygen atoms in total. The zero-order valence-corrected chi connectivity index (χ0v) is 15.9. The van der Waals surface area contributed by atoms with Crippen molar-refractivity contribution in [1.82, 2.24) is 4.57 Å². The van der Waals surface area contributed by atoms with Gasteiger partial charge in [-0.15, -0.1) is 0 Å². The van der Waals surface area contributed by atoms with Crippen molar-refractivity contribution in [2.45, 2.75) is 13.3 Å². The van der Waals surface area contributed by atoms with Crippen molar-refractivity contribution in [3.05, 3.63) is 63.4 Å². The van der Waals surface area contributed by atoms with Crippen LogP contribution < -0.4 is 4.80 Å². The molecule has 2 aromatic carbocycles. The molecule has 0 fully saturated rings. The van der Waals surface area contributed by atoms with Crippen LogP contribution in [-0.2, 0) is 23.0 Å². The van der Waals surface area contributed by atoms with Gasteiger partial charge >= 0.3 is 5.97 Å². The zero-order chi connectivity index (χ0) is 18.7. The van der Waals surface area contributed by atoms with Crippen molar-refractivity contribution in [2.75, 3.05) is 6.61 Å². The molecule has 0 unspecified atom stereocenters. The lowest BCUT2D eigenvalue weighted by Gasteiger charge is -2.01. The number of amides is 1. The fourth-order valence-electron chi connectivity index (χ4n) is 2.51. The first-order chi connectivity index (χ1) is 12.5. The van der Waals surface area contributed by atoms with Gasteiger partial charge in [0.1, 0.15) is 0 Å². The maximum Gasteiger partial charge on any atom is 0.338 e. The van der Waals surface area contributed by atoms with E-state index in [1.54, 1.807) is 31.2 Å². The quantitative estimate of drug-likeness (QED) is 0.639. The molecule has 1 heterocycles. The summed E-state index contributed by atoms with van der Waals surface area (Å²) in [6, 6.07) is 12.4. The molecule has 1 aromatic heterocycles. The average molecular weight is 389 g/mol. The van der Waals surface area contributed by atoms with E-state index < -0.39 is 0 Å². The van der Waals surface area contributed by atoms with Gasteiger partial charge in [-0.2, -0.15) is 4.99 Å². The van der Waals surface area contributed by atoms with Crippen LogP contribution in [0.4, 0.5) is 0 Å². The van der Waals surface area contributed by atoms with Crippen LogP contribution in [0, 0.1) is 0 Å². The summed E-state index contributed by atoms with van der Waals surface area (Å²) >= 11 is 7.22. The molecule has 0 bridgehead atoms. The third kappa shape index (κ3) is 4.03. The highest BCUT2D eigenvalue weighted by atomic mass is 35.5. The van der Waals surface area contributed by atoms with Crippen molar-refractivity contribution < 1.29 is 14.3 Å². The number of halogens is 1. The van der Waals surface area contributed by atoms with E-state index >= 15 is 0 Å². The molecular formula is C19H17ClN2O3S. The molecule has 7 heteroatoms. The largest absolute Gasteiger partial charge is 0.462 e. The van der Waals surface area contributed by atoms with Gasteiger partial charge in [-0.3, -0.25) is 4.79 Å². The summed E-state index contributed by atoms with van der Waals surface area (Å²) in [5, 5.41) is 0.631. The number of aromatic nitrogens is 1. The number of carbonyl (C=O) groups excluding carboxylic acids is 2. The first-order valence-corrected chi connectivity index (χ1v) is 9.26. The van der Waals surface area contributed by atoms with Crippen molar-refractivity contribution in [3.8, 4) is 0 Å². The monoisotopic (exact) mass is 388 g/mol. The van der Waals surface area contributed by atoms with Gasteiger partial charge in [-0.05, 0) is 42.8 Å². The minimum atomic E-state index is -0.359. The van der Waals surface area contributed by atoms with Gasteiger partial charge in [0.05, 0.1) is 28.8 Å². The van der Waals surface area contributed by atoms with E-state index in [1.165, 1.54) is 11.3 Å². The molecule has 0 atom stereocenters. The smallest absolute Gasteiger partial charge is 0.338 e. The van der Waals surface area contributed by atoms with Crippen LogP contribution in [0.1, 0.15) is 22.8 Å². The predicted octanol–water partition coefficient (Wildman–Crippen LogP) is 3.74. The highest BCUT2D eigenvalue weighted by Gasteiger charge is 2.11. The average Bonchev–Trinajstić information content (AvgIpc) is 2.92. The lowest BCUT2D eigenvalue weighted by Crippen LogP contribution is -2.14. The summed E-state index contributed by atoms with van der Waals surface area (Å²) in [6.45, 7) is 2.10. The minimum Gasteiger partial charge on any atom is -0.462 e. The normalized spacial score (nSPS) is 11.7. The van der Waals surface area contributed by atoms with Gasteiger partial charge < -0.3 is 9.30 Å². The Balaban J connectivity index is 1.90. The Bertz CT molecular complexity index is 1040. The molecular weight excluding hydrogens is 372 g/mol. The van der Waals surface area contributed by atoms with Crippen LogP contribution in [0.5, 0.6) is 0 Å². The number of benzene rings is 2. The van der Waals surface area contributed by atoms with E-state index in [1.807, 2.05) is 29.8 Å². The zero-order valence-electron chi connectivity index (χ0n) is 14.4. The summed E-state index contributed by atoms with van der Waals surface area (Å²) in [5.41, 5.74) is 2.25. The standard InChI is InChI=1S/C19H17ClN2O3S/c1-3-25-18(24)13-6-9-15-16(11-13)26-19(22(15)2)21-17(23)10-12-4-7-14(20)8-5-12/h4-9,11H,3,10H2,1-2H3. The highest BCUT2D eigenvalue weighted by molar-refractivity contribution is 7.16. The van der Waals surface area contributed by atoms with Gasteiger partial charge in [0.15, 0.2) is 4.80 Å². The van der Waals surface area contributed by atoms with Gasteiger partial charge in [0, 0.05) is 12.1 Å². The molecule has 1 amide bonds. The molecule has 0 aliphatic heterocycles. The van der Waals surface area contributed by atoms with Crippen LogP contribution in [0.25, 0.3) is 10.2 Å². The summed E-state index contributed by atoms with van der Waals surface area (Å²) in [6.07, 6.45) is 0.208. The van der Waals surface area contributed by atoms with Gasteiger partial charge in [-0.25, -0.2) is 4.79 Å². The predicted molar refractivity (Wildman–Crippen MR) is 102 cm³/mol. The van der Waals surface area contributed by atoms with Crippen molar-refractivity contribution in [1.29, 1.82) is 0 Å². The topological polar surface area (TPSA) is 60.7 Å². The molecule has 0 spiro atoms. The molecule has 0 radical (unpaired) electrons. The first-order valence-electron chi connectivity index (χ1n) is 8.06. The van der Waals surface area contributed by atoms with Crippen LogP contribution in [0.2, 0.25) is 5.02 Å².